The maximum absolute atomic E-state index is 5.74. The molecule has 21 heavy (non-hydrogen) atoms. The van der Waals surface area contributed by atoms with Crippen LogP contribution >= 0.6 is 27.3 Å². The molecule has 0 spiro atoms. The second-order valence-electron chi connectivity index (χ2n) is 4.28. The number of rotatable bonds is 5. The normalized spacial score (nSPS) is 10.3. The van der Waals surface area contributed by atoms with Gasteiger partial charge in [0.15, 0.2) is 3.92 Å². The van der Waals surface area contributed by atoms with Crippen LogP contribution < -0.4 is 10.1 Å². The minimum Gasteiger partial charge on any atom is -0.489 e. The highest BCUT2D eigenvalue weighted by molar-refractivity contribution is 9.11. The van der Waals surface area contributed by atoms with Crippen molar-refractivity contribution in [2.24, 2.45) is 0 Å². The molecule has 6 heteroatoms. The fourth-order valence-corrected chi connectivity index (χ4v) is 2.79. The lowest BCUT2D eigenvalue weighted by Crippen LogP contribution is -1.95. The van der Waals surface area contributed by atoms with E-state index in [4.69, 9.17) is 4.74 Å². The zero-order valence-electron chi connectivity index (χ0n) is 11.0. The Hall–Kier alpha value is -1.92. The Labute approximate surface area is 134 Å². The van der Waals surface area contributed by atoms with Crippen molar-refractivity contribution < 1.29 is 4.74 Å². The quantitative estimate of drug-likeness (QED) is 0.719. The van der Waals surface area contributed by atoms with E-state index in [1.165, 1.54) is 11.3 Å². The van der Waals surface area contributed by atoms with Crippen LogP contribution in [0.25, 0.3) is 0 Å². The van der Waals surface area contributed by atoms with Gasteiger partial charge in [0.05, 0.1) is 0 Å². The molecule has 0 saturated carbocycles. The van der Waals surface area contributed by atoms with Crippen LogP contribution in [0.3, 0.4) is 0 Å². The second-order valence-corrected chi connectivity index (χ2v) is 6.54. The number of halogens is 1. The molecule has 1 N–H and O–H groups in total. The summed E-state index contributed by atoms with van der Waals surface area (Å²) in [6, 6.07) is 17.9. The summed E-state index contributed by atoms with van der Waals surface area (Å²) in [6.07, 6.45) is 0. The number of hydrogen-bond donors (Lipinski definition) is 1. The molecule has 0 fully saturated rings. The van der Waals surface area contributed by atoms with Gasteiger partial charge in [0, 0.05) is 5.69 Å². The van der Waals surface area contributed by atoms with E-state index in [1.807, 2.05) is 54.6 Å². The monoisotopic (exact) mass is 361 g/mol. The minimum absolute atomic E-state index is 0.566. The third-order valence-electron chi connectivity index (χ3n) is 2.75. The van der Waals surface area contributed by atoms with Crippen molar-refractivity contribution in [1.29, 1.82) is 0 Å². The lowest BCUT2D eigenvalue weighted by Gasteiger charge is -2.07. The molecule has 1 aromatic heterocycles. The van der Waals surface area contributed by atoms with E-state index in [2.05, 4.69) is 31.4 Å². The Morgan fingerprint density at radius 2 is 1.76 bits per heavy atom. The summed E-state index contributed by atoms with van der Waals surface area (Å²) in [6.45, 7) is 0.566. The first-order valence-electron chi connectivity index (χ1n) is 6.32. The molecule has 4 nitrogen and oxygen atoms in total. The summed E-state index contributed by atoms with van der Waals surface area (Å²) in [5.74, 6) is 0.836. The Morgan fingerprint density at radius 3 is 2.43 bits per heavy atom. The van der Waals surface area contributed by atoms with E-state index in [1.54, 1.807) is 0 Å². The van der Waals surface area contributed by atoms with Gasteiger partial charge in [-0.3, -0.25) is 0 Å². The predicted molar refractivity (Wildman–Crippen MR) is 88.1 cm³/mol. The van der Waals surface area contributed by atoms with Gasteiger partial charge in [-0.05, 0) is 45.8 Å². The molecule has 0 bridgehead atoms. The van der Waals surface area contributed by atoms with Crippen molar-refractivity contribution in [2.45, 2.75) is 6.61 Å². The van der Waals surface area contributed by atoms with Crippen LogP contribution in [0.15, 0.2) is 58.5 Å². The summed E-state index contributed by atoms with van der Waals surface area (Å²) in [7, 11) is 0. The van der Waals surface area contributed by atoms with Gasteiger partial charge in [0.1, 0.15) is 12.4 Å². The molecule has 0 aliphatic rings. The first-order chi connectivity index (χ1) is 10.3. The van der Waals surface area contributed by atoms with Gasteiger partial charge in [-0.15, -0.1) is 10.2 Å². The van der Waals surface area contributed by atoms with Crippen LogP contribution in [-0.2, 0) is 6.61 Å². The zero-order valence-corrected chi connectivity index (χ0v) is 13.4. The largest absolute Gasteiger partial charge is 0.489 e. The highest BCUT2D eigenvalue weighted by atomic mass is 79.9. The SMILES string of the molecule is Brc1nnc(Nc2ccc(OCc3ccccc3)cc2)s1. The van der Waals surface area contributed by atoms with Crippen LogP contribution in [0.5, 0.6) is 5.75 Å². The third-order valence-corrected chi connectivity index (χ3v) is 4.03. The van der Waals surface area contributed by atoms with Gasteiger partial charge in [-0.2, -0.15) is 0 Å². The topological polar surface area (TPSA) is 47.0 Å². The molecule has 3 aromatic rings. The van der Waals surface area contributed by atoms with Crippen LogP contribution in [0.2, 0.25) is 0 Å². The fraction of sp³-hybridized carbons (Fsp3) is 0.0667. The fourth-order valence-electron chi connectivity index (χ4n) is 1.75. The molecule has 1 heterocycles. The smallest absolute Gasteiger partial charge is 0.210 e. The van der Waals surface area contributed by atoms with Gasteiger partial charge >= 0.3 is 0 Å². The highest BCUT2D eigenvalue weighted by Crippen LogP contribution is 2.25. The zero-order chi connectivity index (χ0) is 14.5. The third kappa shape index (κ3) is 4.03. The lowest BCUT2D eigenvalue weighted by molar-refractivity contribution is 0.306. The van der Waals surface area contributed by atoms with E-state index >= 15 is 0 Å². The molecule has 3 rings (SSSR count). The van der Waals surface area contributed by atoms with Crippen molar-refractivity contribution in [2.75, 3.05) is 5.32 Å². The maximum atomic E-state index is 5.74. The number of nitrogens with one attached hydrogen (secondary N) is 1. The van der Waals surface area contributed by atoms with Gasteiger partial charge in [0.2, 0.25) is 5.13 Å². The minimum atomic E-state index is 0.566. The average molecular weight is 362 g/mol. The van der Waals surface area contributed by atoms with Gasteiger partial charge in [-0.1, -0.05) is 41.7 Å². The van der Waals surface area contributed by atoms with Gasteiger partial charge < -0.3 is 10.1 Å². The number of aromatic nitrogens is 2. The molecule has 0 aliphatic heterocycles. The van der Waals surface area contributed by atoms with Gasteiger partial charge in [-0.25, -0.2) is 0 Å². The van der Waals surface area contributed by atoms with Crippen LogP contribution in [0.1, 0.15) is 5.56 Å². The number of benzene rings is 2. The number of ether oxygens (including phenoxy) is 1. The first-order valence-corrected chi connectivity index (χ1v) is 7.93. The summed E-state index contributed by atoms with van der Waals surface area (Å²) in [5.41, 5.74) is 2.10. The molecule has 106 valence electrons. The van der Waals surface area contributed by atoms with E-state index in [9.17, 15) is 0 Å². The maximum Gasteiger partial charge on any atom is 0.210 e. The highest BCUT2D eigenvalue weighted by Gasteiger charge is 2.02. The van der Waals surface area contributed by atoms with Crippen molar-refractivity contribution in [1.82, 2.24) is 10.2 Å². The molecule has 0 amide bonds. The van der Waals surface area contributed by atoms with E-state index in [0.717, 1.165) is 26.0 Å². The van der Waals surface area contributed by atoms with Crippen LogP contribution in [-0.4, -0.2) is 10.2 Å². The predicted octanol–water partition coefficient (Wildman–Crippen LogP) is 4.62. The number of anilines is 2. The first kappa shape index (κ1) is 14.0. The summed E-state index contributed by atoms with van der Waals surface area (Å²) in [4.78, 5) is 0. The molecule has 0 radical (unpaired) electrons. The van der Waals surface area contributed by atoms with Crippen molar-refractivity contribution in [3.8, 4) is 5.75 Å². The van der Waals surface area contributed by atoms with E-state index in [0.29, 0.717) is 6.61 Å². The Balaban J connectivity index is 1.59. The Morgan fingerprint density at radius 1 is 1.00 bits per heavy atom. The molecular formula is C15H12BrN3OS. The van der Waals surface area contributed by atoms with Crippen molar-refractivity contribution in [3.05, 3.63) is 64.1 Å². The summed E-state index contributed by atoms with van der Waals surface area (Å²) < 4.78 is 6.50. The Bertz CT molecular complexity index is 700. The lowest BCUT2D eigenvalue weighted by atomic mass is 10.2. The molecule has 0 aliphatic carbocycles. The van der Waals surface area contributed by atoms with E-state index < -0.39 is 0 Å². The summed E-state index contributed by atoms with van der Waals surface area (Å²) >= 11 is 4.73. The van der Waals surface area contributed by atoms with Crippen molar-refractivity contribution >= 4 is 38.1 Å². The number of nitrogens with zero attached hydrogens (tertiary/aromatic N) is 2. The van der Waals surface area contributed by atoms with Crippen molar-refractivity contribution in [3.63, 3.8) is 0 Å². The molecule has 0 atom stereocenters. The molecule has 0 saturated heterocycles. The standard InChI is InChI=1S/C15H12BrN3OS/c16-14-18-19-15(21-14)17-12-6-8-13(9-7-12)20-10-11-4-2-1-3-5-11/h1-9H,10H2,(H,17,19). The summed E-state index contributed by atoms with van der Waals surface area (Å²) in [5, 5.41) is 11.8. The average Bonchev–Trinajstić information content (AvgIpc) is 2.93. The van der Waals surface area contributed by atoms with Gasteiger partial charge in [0.25, 0.3) is 0 Å². The Kier molecular flexibility index (Phi) is 4.47. The molecule has 2 aromatic carbocycles. The second kappa shape index (κ2) is 6.69. The number of hydrogen-bond acceptors (Lipinski definition) is 5. The van der Waals surface area contributed by atoms with E-state index in [-0.39, 0.29) is 0 Å². The molecule has 0 unspecified atom stereocenters. The van der Waals surface area contributed by atoms with Crippen LogP contribution in [0, 0.1) is 0 Å². The molecular weight excluding hydrogens is 350 g/mol. The van der Waals surface area contributed by atoms with Crippen LogP contribution in [0.4, 0.5) is 10.8 Å².